The van der Waals surface area contributed by atoms with Crippen molar-refractivity contribution in [3.63, 3.8) is 0 Å². The highest BCUT2D eigenvalue weighted by atomic mass is 16.3. The van der Waals surface area contributed by atoms with E-state index in [9.17, 15) is 9.90 Å². The molecule has 0 saturated heterocycles. The third-order valence-electron chi connectivity index (χ3n) is 3.08. The third-order valence-corrected chi connectivity index (χ3v) is 3.08. The Hall–Kier alpha value is -2.34. The van der Waals surface area contributed by atoms with E-state index in [1.807, 2.05) is 19.3 Å². The number of nitrogens with one attached hydrogen (secondary N) is 2. The van der Waals surface area contributed by atoms with Crippen LogP contribution in [0.4, 0.5) is 10.5 Å². The van der Waals surface area contributed by atoms with Gasteiger partial charge in [-0.15, -0.1) is 0 Å². The van der Waals surface area contributed by atoms with Crippen LogP contribution in [0.5, 0.6) is 0 Å². The number of carbonyl (C=O) groups is 1. The predicted octanol–water partition coefficient (Wildman–Crippen LogP) is 1.84. The monoisotopic (exact) mass is 288 g/mol. The highest BCUT2D eigenvalue weighted by Gasteiger charge is 2.05. The predicted molar refractivity (Wildman–Crippen MR) is 81.0 cm³/mol. The van der Waals surface area contributed by atoms with E-state index in [1.165, 1.54) is 0 Å². The van der Waals surface area contributed by atoms with E-state index in [-0.39, 0.29) is 6.03 Å². The van der Waals surface area contributed by atoms with Crippen LogP contribution in [-0.2, 0) is 13.5 Å². The molecule has 112 valence electrons. The molecule has 1 aromatic heterocycles. The number of carbonyl (C=O) groups excluding carboxylic acids is 1. The van der Waals surface area contributed by atoms with Gasteiger partial charge in [-0.05, 0) is 36.6 Å². The summed E-state index contributed by atoms with van der Waals surface area (Å²) in [5.41, 5.74) is 2.50. The average molecular weight is 288 g/mol. The van der Waals surface area contributed by atoms with Crippen molar-refractivity contribution in [2.45, 2.75) is 19.4 Å². The minimum absolute atomic E-state index is 0.262. The van der Waals surface area contributed by atoms with Crippen molar-refractivity contribution in [3.05, 3.63) is 47.8 Å². The van der Waals surface area contributed by atoms with Gasteiger partial charge in [-0.25, -0.2) is 4.79 Å². The lowest BCUT2D eigenvalue weighted by Crippen LogP contribution is -2.30. The van der Waals surface area contributed by atoms with Gasteiger partial charge in [-0.2, -0.15) is 5.10 Å². The largest absolute Gasteiger partial charge is 0.389 e. The van der Waals surface area contributed by atoms with Crippen molar-refractivity contribution in [1.82, 2.24) is 15.1 Å². The van der Waals surface area contributed by atoms with E-state index in [4.69, 9.17) is 0 Å². The lowest BCUT2D eigenvalue weighted by Gasteiger charge is -2.10. The summed E-state index contributed by atoms with van der Waals surface area (Å²) in [4.78, 5) is 11.8. The lowest BCUT2D eigenvalue weighted by molar-refractivity contribution is 0.199. The Balaban J connectivity index is 1.80. The molecule has 0 aliphatic rings. The number of anilines is 1. The van der Waals surface area contributed by atoms with E-state index >= 15 is 0 Å². The third kappa shape index (κ3) is 4.61. The number of hydrogen-bond acceptors (Lipinski definition) is 3. The van der Waals surface area contributed by atoms with Gasteiger partial charge >= 0.3 is 6.03 Å². The zero-order valence-corrected chi connectivity index (χ0v) is 12.2. The second kappa shape index (κ2) is 6.90. The van der Waals surface area contributed by atoms with Crippen LogP contribution in [0.1, 0.15) is 24.2 Å². The van der Waals surface area contributed by atoms with Crippen LogP contribution in [-0.4, -0.2) is 27.5 Å². The molecule has 0 bridgehead atoms. The molecule has 1 aromatic carbocycles. The van der Waals surface area contributed by atoms with Gasteiger partial charge in [-0.1, -0.05) is 12.1 Å². The van der Waals surface area contributed by atoms with Gasteiger partial charge < -0.3 is 15.7 Å². The molecular formula is C15H20N4O2. The maximum absolute atomic E-state index is 11.8. The van der Waals surface area contributed by atoms with Gasteiger partial charge in [0.25, 0.3) is 0 Å². The van der Waals surface area contributed by atoms with Gasteiger partial charge in [0, 0.05) is 25.5 Å². The Morgan fingerprint density at radius 2 is 2.29 bits per heavy atom. The van der Waals surface area contributed by atoms with Crippen LogP contribution in [0.3, 0.4) is 0 Å². The molecule has 0 radical (unpaired) electrons. The zero-order valence-electron chi connectivity index (χ0n) is 12.2. The van der Waals surface area contributed by atoms with E-state index < -0.39 is 6.10 Å². The van der Waals surface area contributed by atoms with Crippen LogP contribution < -0.4 is 10.6 Å². The minimum atomic E-state index is -0.555. The molecule has 21 heavy (non-hydrogen) atoms. The summed E-state index contributed by atoms with van der Waals surface area (Å²) in [5.74, 6) is 0. The standard InChI is InChI=1S/C15H20N4O2/c1-11(20)13-4-3-5-14(8-13)18-15(21)16-7-6-12-9-17-19(2)10-12/h3-5,8-11,20H,6-7H2,1-2H3,(H2,16,18,21). The highest BCUT2D eigenvalue weighted by Crippen LogP contribution is 2.16. The van der Waals surface area contributed by atoms with Crippen molar-refractivity contribution in [1.29, 1.82) is 0 Å². The van der Waals surface area contributed by atoms with Crippen molar-refractivity contribution < 1.29 is 9.90 Å². The molecule has 1 heterocycles. The summed E-state index contributed by atoms with van der Waals surface area (Å²) >= 11 is 0. The van der Waals surface area contributed by atoms with Crippen LogP contribution >= 0.6 is 0 Å². The highest BCUT2D eigenvalue weighted by molar-refractivity contribution is 5.89. The normalized spacial score (nSPS) is 12.0. The maximum Gasteiger partial charge on any atom is 0.319 e. The molecule has 0 aliphatic heterocycles. The number of nitrogens with zero attached hydrogens (tertiary/aromatic N) is 2. The molecule has 1 unspecified atom stereocenters. The number of aliphatic hydroxyl groups excluding tert-OH is 1. The fourth-order valence-corrected chi connectivity index (χ4v) is 1.97. The second-order valence-corrected chi connectivity index (χ2v) is 4.95. The number of aromatic nitrogens is 2. The number of amides is 2. The van der Waals surface area contributed by atoms with E-state index in [0.29, 0.717) is 12.2 Å². The number of aliphatic hydroxyl groups is 1. The van der Waals surface area contributed by atoms with E-state index in [2.05, 4.69) is 15.7 Å². The molecule has 2 amide bonds. The molecule has 6 heteroatoms. The van der Waals surface area contributed by atoms with Crippen molar-refractivity contribution in [3.8, 4) is 0 Å². The zero-order chi connectivity index (χ0) is 15.2. The first-order chi connectivity index (χ1) is 10.0. The van der Waals surface area contributed by atoms with Crippen LogP contribution in [0.25, 0.3) is 0 Å². The topological polar surface area (TPSA) is 79.2 Å². The molecule has 6 nitrogen and oxygen atoms in total. The molecule has 0 spiro atoms. The van der Waals surface area contributed by atoms with Gasteiger partial charge in [0.1, 0.15) is 0 Å². The SMILES string of the molecule is CC(O)c1cccc(NC(=O)NCCc2cnn(C)c2)c1. The average Bonchev–Trinajstić information content (AvgIpc) is 2.84. The van der Waals surface area contributed by atoms with Gasteiger partial charge in [0.05, 0.1) is 12.3 Å². The van der Waals surface area contributed by atoms with Gasteiger partial charge in [-0.3, -0.25) is 4.68 Å². The summed E-state index contributed by atoms with van der Waals surface area (Å²) in [5, 5.41) is 19.1. The summed E-state index contributed by atoms with van der Waals surface area (Å²) in [6.07, 6.45) is 3.88. The summed E-state index contributed by atoms with van der Waals surface area (Å²) < 4.78 is 1.73. The Bertz CT molecular complexity index is 607. The van der Waals surface area contributed by atoms with Crippen molar-refractivity contribution in [2.75, 3.05) is 11.9 Å². The fourth-order valence-electron chi connectivity index (χ4n) is 1.97. The fraction of sp³-hybridized carbons (Fsp3) is 0.333. The summed E-state index contributed by atoms with van der Waals surface area (Å²) in [6.45, 7) is 2.22. The molecule has 2 aromatic rings. The van der Waals surface area contributed by atoms with Gasteiger partial charge in [0.2, 0.25) is 0 Å². The Kier molecular flexibility index (Phi) is 4.94. The Morgan fingerprint density at radius 1 is 1.48 bits per heavy atom. The molecule has 0 fully saturated rings. The van der Waals surface area contributed by atoms with Crippen LogP contribution in [0, 0.1) is 0 Å². The quantitative estimate of drug-likeness (QED) is 0.785. The van der Waals surface area contributed by atoms with E-state index in [0.717, 1.165) is 17.5 Å². The molecule has 2 rings (SSSR count). The molecule has 3 N–H and O–H groups in total. The summed E-state index contributed by atoms with van der Waals surface area (Å²) in [7, 11) is 1.86. The first-order valence-electron chi connectivity index (χ1n) is 6.85. The lowest BCUT2D eigenvalue weighted by atomic mass is 10.1. The maximum atomic E-state index is 11.8. The number of hydrogen-bond donors (Lipinski definition) is 3. The number of urea groups is 1. The summed E-state index contributed by atoms with van der Waals surface area (Å²) in [6, 6.07) is 6.89. The number of aryl methyl sites for hydroxylation is 1. The molecular weight excluding hydrogens is 268 g/mol. The molecule has 1 atom stereocenters. The van der Waals surface area contributed by atoms with Crippen LogP contribution in [0.15, 0.2) is 36.7 Å². The Morgan fingerprint density at radius 3 is 2.95 bits per heavy atom. The Labute approximate surface area is 123 Å². The van der Waals surface area contributed by atoms with Crippen LogP contribution in [0.2, 0.25) is 0 Å². The van der Waals surface area contributed by atoms with E-state index in [1.54, 1.807) is 36.0 Å². The second-order valence-electron chi connectivity index (χ2n) is 4.95. The number of benzene rings is 1. The first-order valence-corrected chi connectivity index (χ1v) is 6.85. The molecule has 0 saturated carbocycles. The van der Waals surface area contributed by atoms with Gasteiger partial charge in [0.15, 0.2) is 0 Å². The molecule has 0 aliphatic carbocycles. The smallest absolute Gasteiger partial charge is 0.319 e. The van der Waals surface area contributed by atoms with Crippen molar-refractivity contribution in [2.24, 2.45) is 7.05 Å². The number of rotatable bonds is 5. The minimum Gasteiger partial charge on any atom is -0.389 e. The first kappa shape index (κ1) is 15.1. The van der Waals surface area contributed by atoms with Crippen molar-refractivity contribution >= 4 is 11.7 Å².